The van der Waals surface area contributed by atoms with Crippen molar-refractivity contribution >= 4 is 39.1 Å². The molecule has 7 nitrogen and oxygen atoms in total. The zero-order chi connectivity index (χ0) is 23.1. The maximum atomic E-state index is 13.7. The molecule has 0 N–H and O–H groups in total. The number of amides is 2. The molecular weight excluding hydrogens is 488 g/mol. The maximum absolute atomic E-state index is 13.7. The first-order valence-corrected chi connectivity index (χ1v) is 11.2. The summed E-state index contributed by atoms with van der Waals surface area (Å²) < 4.78 is 11.9. The number of halogens is 1. The summed E-state index contributed by atoms with van der Waals surface area (Å²) in [6.07, 6.45) is -0.956. The third-order valence-corrected chi connectivity index (χ3v) is 6.50. The summed E-state index contributed by atoms with van der Waals surface area (Å²) in [5.74, 6) is -0.280. The van der Waals surface area contributed by atoms with Crippen LogP contribution < -0.4 is 19.4 Å². The van der Waals surface area contributed by atoms with Gasteiger partial charge in [0.05, 0.1) is 25.6 Å². The van der Waals surface area contributed by atoms with Gasteiger partial charge in [-0.15, -0.1) is 0 Å². The largest absolute Gasteiger partial charge is 0.497 e. The number of ether oxygens (including phenoxy) is 2. The Balaban J connectivity index is 1.63. The summed E-state index contributed by atoms with van der Waals surface area (Å²) in [6.45, 7) is 0. The quantitative estimate of drug-likeness (QED) is 0.472. The number of methoxy groups -OCH3 is 2. The van der Waals surface area contributed by atoms with E-state index < -0.39 is 24.0 Å². The Morgan fingerprint density at radius 1 is 0.848 bits per heavy atom. The molecule has 5 rings (SSSR count). The lowest BCUT2D eigenvalue weighted by Gasteiger charge is -2.29. The summed E-state index contributed by atoms with van der Waals surface area (Å²) in [6, 6.07) is 21.3. The second-order valence-electron chi connectivity index (χ2n) is 7.75. The van der Waals surface area contributed by atoms with Crippen molar-refractivity contribution in [3.05, 3.63) is 82.8 Å². The number of imide groups is 1. The molecule has 0 bridgehead atoms. The second kappa shape index (κ2) is 8.53. The Hall–Kier alpha value is -3.36. The van der Waals surface area contributed by atoms with Crippen LogP contribution in [-0.4, -0.2) is 32.1 Å². The van der Waals surface area contributed by atoms with Crippen molar-refractivity contribution in [2.75, 3.05) is 24.2 Å². The van der Waals surface area contributed by atoms with E-state index in [4.69, 9.17) is 14.3 Å². The molecule has 0 aromatic heterocycles. The molecule has 3 atom stereocenters. The number of carbonyl (C=O) groups excluding carboxylic acids is 2. The predicted molar refractivity (Wildman–Crippen MR) is 126 cm³/mol. The van der Waals surface area contributed by atoms with Gasteiger partial charge >= 0.3 is 0 Å². The van der Waals surface area contributed by atoms with Crippen molar-refractivity contribution in [1.29, 1.82) is 0 Å². The van der Waals surface area contributed by atoms with Gasteiger partial charge in [0.2, 0.25) is 5.91 Å². The summed E-state index contributed by atoms with van der Waals surface area (Å²) in [7, 11) is 3.15. The average Bonchev–Trinajstić information content (AvgIpc) is 3.36. The van der Waals surface area contributed by atoms with E-state index in [1.807, 2.05) is 36.4 Å². The van der Waals surface area contributed by atoms with Gasteiger partial charge < -0.3 is 9.47 Å². The van der Waals surface area contributed by atoms with Crippen LogP contribution in [-0.2, 0) is 14.4 Å². The molecule has 2 aliphatic heterocycles. The number of carbonyl (C=O) groups is 2. The highest BCUT2D eigenvalue weighted by Crippen LogP contribution is 2.50. The van der Waals surface area contributed by atoms with Crippen molar-refractivity contribution in [1.82, 2.24) is 0 Å². The van der Waals surface area contributed by atoms with Gasteiger partial charge in [-0.25, -0.2) is 9.96 Å². The topological polar surface area (TPSA) is 68.3 Å². The molecule has 3 aromatic carbocycles. The van der Waals surface area contributed by atoms with E-state index in [9.17, 15) is 9.59 Å². The van der Waals surface area contributed by atoms with E-state index in [1.54, 1.807) is 55.7 Å². The van der Waals surface area contributed by atoms with Crippen LogP contribution in [0.5, 0.6) is 11.5 Å². The molecule has 2 aliphatic rings. The first-order chi connectivity index (χ1) is 16.0. The van der Waals surface area contributed by atoms with Crippen molar-refractivity contribution in [3.8, 4) is 11.5 Å². The summed E-state index contributed by atoms with van der Waals surface area (Å²) in [4.78, 5) is 34.5. The minimum absolute atomic E-state index is 0.319. The normalized spacial score (nSPS) is 22.0. The van der Waals surface area contributed by atoms with E-state index in [1.165, 1.54) is 4.90 Å². The SMILES string of the molecule is COc1ccc(OC)c([C@H]2[C@H]3C(=O)N(c4ccc(Br)cc4)C(=O)[C@@H]3ON2c2ccccc2)c1. The highest BCUT2D eigenvalue weighted by atomic mass is 79.9. The molecule has 2 fully saturated rings. The van der Waals surface area contributed by atoms with Gasteiger partial charge in [-0.05, 0) is 54.6 Å². The Bertz CT molecular complexity index is 1200. The van der Waals surface area contributed by atoms with Gasteiger partial charge in [0.1, 0.15) is 23.5 Å². The number of nitrogens with zero attached hydrogens (tertiary/aromatic N) is 2. The summed E-state index contributed by atoms with van der Waals surface area (Å²) >= 11 is 3.39. The molecule has 2 heterocycles. The van der Waals surface area contributed by atoms with Crippen molar-refractivity contribution in [2.24, 2.45) is 5.92 Å². The molecule has 2 amide bonds. The number of rotatable bonds is 5. The zero-order valence-electron chi connectivity index (χ0n) is 18.0. The molecule has 0 spiro atoms. The molecular formula is C25H21BrN2O5. The number of hydroxylamine groups is 1. The number of hydrogen-bond acceptors (Lipinski definition) is 6. The minimum atomic E-state index is -0.956. The average molecular weight is 509 g/mol. The molecule has 8 heteroatoms. The van der Waals surface area contributed by atoms with Crippen LogP contribution in [0.4, 0.5) is 11.4 Å². The van der Waals surface area contributed by atoms with Crippen LogP contribution in [0.3, 0.4) is 0 Å². The van der Waals surface area contributed by atoms with Crippen molar-refractivity contribution < 1.29 is 23.9 Å². The first kappa shape index (κ1) is 21.5. The molecule has 2 saturated heterocycles. The van der Waals surface area contributed by atoms with Crippen LogP contribution in [0, 0.1) is 5.92 Å². The molecule has 33 heavy (non-hydrogen) atoms. The third kappa shape index (κ3) is 3.55. The predicted octanol–water partition coefficient (Wildman–Crippen LogP) is 4.52. The molecule has 0 saturated carbocycles. The Kier molecular flexibility index (Phi) is 5.55. The molecule has 0 aliphatic carbocycles. The van der Waals surface area contributed by atoms with Gasteiger partial charge in [0.25, 0.3) is 5.91 Å². The Morgan fingerprint density at radius 3 is 2.24 bits per heavy atom. The van der Waals surface area contributed by atoms with Crippen molar-refractivity contribution in [3.63, 3.8) is 0 Å². The lowest BCUT2D eigenvalue weighted by Crippen LogP contribution is -2.37. The fourth-order valence-electron chi connectivity index (χ4n) is 4.44. The van der Waals surface area contributed by atoms with Crippen LogP contribution >= 0.6 is 15.9 Å². The maximum Gasteiger partial charge on any atom is 0.266 e. The van der Waals surface area contributed by atoms with Gasteiger partial charge in [-0.2, -0.15) is 0 Å². The lowest BCUT2D eigenvalue weighted by atomic mass is 9.89. The number of anilines is 2. The number of benzene rings is 3. The molecule has 168 valence electrons. The van der Waals surface area contributed by atoms with Gasteiger partial charge in [0, 0.05) is 10.0 Å². The highest BCUT2D eigenvalue weighted by Gasteiger charge is 2.60. The van der Waals surface area contributed by atoms with Crippen LogP contribution in [0.15, 0.2) is 77.3 Å². The van der Waals surface area contributed by atoms with Crippen molar-refractivity contribution in [2.45, 2.75) is 12.1 Å². The third-order valence-electron chi connectivity index (χ3n) is 5.97. The standard InChI is InChI=1S/C25H21BrN2O5/c1-31-18-12-13-20(32-2)19(14-18)22-21-23(33-28(22)17-6-4-3-5-7-17)25(30)27(24(21)29)16-10-8-15(26)9-11-16/h3-14,21-23H,1-2H3/t21-,22+,23-/m1/s1. The number of fused-ring (bicyclic) bond motifs is 1. The van der Waals surface area contributed by atoms with Crippen LogP contribution in [0.2, 0.25) is 0 Å². The van der Waals surface area contributed by atoms with Gasteiger partial charge in [0.15, 0.2) is 6.10 Å². The molecule has 0 unspecified atom stereocenters. The number of para-hydroxylation sites is 1. The van der Waals surface area contributed by atoms with E-state index in [2.05, 4.69) is 15.9 Å². The first-order valence-electron chi connectivity index (χ1n) is 10.4. The van der Waals surface area contributed by atoms with Gasteiger partial charge in [-0.1, -0.05) is 34.1 Å². The van der Waals surface area contributed by atoms with E-state index in [0.29, 0.717) is 22.7 Å². The smallest absolute Gasteiger partial charge is 0.266 e. The monoisotopic (exact) mass is 508 g/mol. The van der Waals surface area contributed by atoms with E-state index in [-0.39, 0.29) is 5.91 Å². The Morgan fingerprint density at radius 2 is 1.58 bits per heavy atom. The summed E-state index contributed by atoms with van der Waals surface area (Å²) in [5, 5.41) is 1.64. The minimum Gasteiger partial charge on any atom is -0.497 e. The highest BCUT2D eigenvalue weighted by molar-refractivity contribution is 9.10. The van der Waals surface area contributed by atoms with Gasteiger partial charge in [-0.3, -0.25) is 14.4 Å². The van der Waals surface area contributed by atoms with E-state index >= 15 is 0 Å². The summed E-state index contributed by atoms with van der Waals surface area (Å²) in [5.41, 5.74) is 1.94. The lowest BCUT2D eigenvalue weighted by molar-refractivity contribution is -0.126. The Labute approximate surface area is 199 Å². The number of hydrogen-bond donors (Lipinski definition) is 0. The molecule has 3 aromatic rings. The zero-order valence-corrected chi connectivity index (χ0v) is 19.6. The second-order valence-corrected chi connectivity index (χ2v) is 8.67. The fraction of sp³-hybridized carbons (Fsp3) is 0.200. The van der Waals surface area contributed by atoms with E-state index in [0.717, 1.165) is 10.2 Å². The molecule has 0 radical (unpaired) electrons. The van der Waals surface area contributed by atoms with Crippen LogP contribution in [0.25, 0.3) is 0 Å². The fourth-order valence-corrected chi connectivity index (χ4v) is 4.71. The van der Waals surface area contributed by atoms with Crippen LogP contribution in [0.1, 0.15) is 11.6 Å².